The van der Waals surface area contributed by atoms with Crippen LogP contribution in [-0.2, 0) is 10.2 Å². The first-order valence-electron chi connectivity index (χ1n) is 6.48. The summed E-state index contributed by atoms with van der Waals surface area (Å²) in [5, 5.41) is 3.08. The van der Waals surface area contributed by atoms with Gasteiger partial charge in [0.1, 0.15) is 0 Å². The highest BCUT2D eigenvalue weighted by atomic mass is 32.2. The Morgan fingerprint density at radius 1 is 1.35 bits per heavy atom. The van der Waals surface area contributed by atoms with Gasteiger partial charge in [0, 0.05) is 25.2 Å². The van der Waals surface area contributed by atoms with Crippen molar-refractivity contribution in [2.75, 3.05) is 20.1 Å². The van der Waals surface area contributed by atoms with Gasteiger partial charge in [-0.15, -0.1) is 0 Å². The number of hydrogen-bond acceptors (Lipinski definition) is 3. The van der Waals surface area contributed by atoms with E-state index in [1.54, 1.807) is 4.31 Å². The Kier molecular flexibility index (Phi) is 4.07. The zero-order valence-electron chi connectivity index (χ0n) is 10.6. The van der Waals surface area contributed by atoms with Gasteiger partial charge in [-0.2, -0.15) is 17.4 Å². The zero-order valence-corrected chi connectivity index (χ0v) is 11.5. The molecule has 17 heavy (non-hydrogen) atoms. The first-order chi connectivity index (χ1) is 8.04. The normalized spacial score (nSPS) is 34.8. The summed E-state index contributed by atoms with van der Waals surface area (Å²) in [7, 11) is -1.41. The third kappa shape index (κ3) is 3.19. The third-order valence-electron chi connectivity index (χ3n) is 3.73. The van der Waals surface area contributed by atoms with Crippen molar-refractivity contribution in [3.05, 3.63) is 0 Å². The van der Waals surface area contributed by atoms with Crippen molar-refractivity contribution in [1.82, 2.24) is 14.3 Å². The second-order valence-electron chi connectivity index (χ2n) is 5.26. The van der Waals surface area contributed by atoms with E-state index < -0.39 is 10.2 Å². The molecule has 1 heterocycles. The van der Waals surface area contributed by atoms with Crippen LogP contribution in [0.4, 0.5) is 0 Å². The maximum absolute atomic E-state index is 12.3. The molecule has 2 fully saturated rings. The standard InChI is InChI=1S/C11H23N3O2S/c1-9-7-11(9)13-17(15,16)14-6-4-3-5-10(14)8-12-2/h9-13H,3-8H2,1-2H3. The highest BCUT2D eigenvalue weighted by Gasteiger charge is 2.40. The minimum Gasteiger partial charge on any atom is -0.318 e. The molecule has 0 spiro atoms. The summed E-state index contributed by atoms with van der Waals surface area (Å²) < 4.78 is 29.0. The molecule has 1 aliphatic carbocycles. The van der Waals surface area contributed by atoms with E-state index in [1.165, 1.54) is 0 Å². The third-order valence-corrected chi connectivity index (χ3v) is 5.43. The quantitative estimate of drug-likeness (QED) is 0.748. The maximum Gasteiger partial charge on any atom is 0.280 e. The van der Waals surface area contributed by atoms with Crippen LogP contribution in [0.1, 0.15) is 32.6 Å². The zero-order chi connectivity index (χ0) is 12.5. The Bertz CT molecular complexity index is 356. The van der Waals surface area contributed by atoms with Crippen LogP contribution in [0.5, 0.6) is 0 Å². The number of piperidine rings is 1. The molecule has 0 radical (unpaired) electrons. The molecule has 0 aromatic carbocycles. The SMILES string of the molecule is CNCC1CCCCN1S(=O)(=O)NC1CC1C. The lowest BCUT2D eigenvalue weighted by Gasteiger charge is -2.34. The minimum absolute atomic E-state index is 0.111. The van der Waals surface area contributed by atoms with Crippen LogP contribution >= 0.6 is 0 Å². The van der Waals surface area contributed by atoms with Crippen molar-refractivity contribution in [3.63, 3.8) is 0 Å². The number of hydrogen-bond donors (Lipinski definition) is 2. The molecule has 3 unspecified atom stereocenters. The van der Waals surface area contributed by atoms with Gasteiger partial charge in [0.05, 0.1) is 0 Å². The van der Waals surface area contributed by atoms with Gasteiger partial charge in [0.25, 0.3) is 10.2 Å². The van der Waals surface area contributed by atoms with Crippen LogP contribution < -0.4 is 10.0 Å². The molecule has 1 saturated heterocycles. The first kappa shape index (κ1) is 13.3. The number of nitrogens with zero attached hydrogens (tertiary/aromatic N) is 1. The highest BCUT2D eigenvalue weighted by molar-refractivity contribution is 7.87. The van der Waals surface area contributed by atoms with Crippen molar-refractivity contribution < 1.29 is 8.42 Å². The van der Waals surface area contributed by atoms with E-state index in [4.69, 9.17) is 0 Å². The van der Waals surface area contributed by atoms with Crippen molar-refractivity contribution in [3.8, 4) is 0 Å². The molecular weight excluding hydrogens is 238 g/mol. The fourth-order valence-electron chi connectivity index (χ4n) is 2.48. The number of rotatable bonds is 5. The molecule has 0 aromatic heterocycles. The van der Waals surface area contributed by atoms with Gasteiger partial charge in [-0.1, -0.05) is 13.3 Å². The topological polar surface area (TPSA) is 61.4 Å². The van der Waals surface area contributed by atoms with E-state index in [9.17, 15) is 8.42 Å². The predicted molar refractivity (Wildman–Crippen MR) is 67.9 cm³/mol. The lowest BCUT2D eigenvalue weighted by Crippen LogP contribution is -2.52. The van der Waals surface area contributed by atoms with Crippen molar-refractivity contribution >= 4 is 10.2 Å². The van der Waals surface area contributed by atoms with E-state index in [-0.39, 0.29) is 12.1 Å². The van der Waals surface area contributed by atoms with E-state index in [0.717, 1.165) is 32.2 Å². The van der Waals surface area contributed by atoms with E-state index in [0.29, 0.717) is 12.5 Å². The second-order valence-corrected chi connectivity index (χ2v) is 6.92. The van der Waals surface area contributed by atoms with Gasteiger partial charge in [-0.3, -0.25) is 0 Å². The highest BCUT2D eigenvalue weighted by Crippen LogP contribution is 2.31. The molecule has 2 aliphatic rings. The van der Waals surface area contributed by atoms with Crippen LogP contribution in [0.3, 0.4) is 0 Å². The Morgan fingerprint density at radius 3 is 2.65 bits per heavy atom. The van der Waals surface area contributed by atoms with Gasteiger partial charge in [0.2, 0.25) is 0 Å². The smallest absolute Gasteiger partial charge is 0.280 e. The van der Waals surface area contributed by atoms with Gasteiger partial charge >= 0.3 is 0 Å². The molecule has 3 atom stereocenters. The molecule has 1 aliphatic heterocycles. The average molecular weight is 261 g/mol. The summed E-state index contributed by atoms with van der Waals surface area (Å²) in [5.74, 6) is 0.498. The largest absolute Gasteiger partial charge is 0.318 e. The number of nitrogens with one attached hydrogen (secondary N) is 2. The van der Waals surface area contributed by atoms with Crippen LogP contribution in [-0.4, -0.2) is 44.9 Å². The minimum atomic E-state index is -3.28. The van der Waals surface area contributed by atoms with E-state index in [2.05, 4.69) is 17.0 Å². The van der Waals surface area contributed by atoms with Crippen molar-refractivity contribution in [2.45, 2.75) is 44.7 Å². The molecule has 0 amide bonds. The van der Waals surface area contributed by atoms with Crippen molar-refractivity contribution in [2.24, 2.45) is 5.92 Å². The fraction of sp³-hybridized carbons (Fsp3) is 1.00. The van der Waals surface area contributed by atoms with Crippen molar-refractivity contribution in [1.29, 1.82) is 0 Å². The van der Waals surface area contributed by atoms with Gasteiger partial charge < -0.3 is 5.32 Å². The molecule has 100 valence electrons. The molecule has 1 saturated carbocycles. The summed E-state index contributed by atoms with van der Waals surface area (Å²) in [6.45, 7) is 3.47. The summed E-state index contributed by atoms with van der Waals surface area (Å²) in [5.41, 5.74) is 0. The first-order valence-corrected chi connectivity index (χ1v) is 7.92. The van der Waals surface area contributed by atoms with Crippen LogP contribution in [0.15, 0.2) is 0 Å². The Labute approximate surface area is 104 Å². The van der Waals surface area contributed by atoms with Gasteiger partial charge in [0.15, 0.2) is 0 Å². The van der Waals surface area contributed by atoms with E-state index >= 15 is 0 Å². The maximum atomic E-state index is 12.3. The molecule has 6 heteroatoms. The Balaban J connectivity index is 2.01. The van der Waals surface area contributed by atoms with Crippen LogP contribution in [0.2, 0.25) is 0 Å². The van der Waals surface area contributed by atoms with Gasteiger partial charge in [-0.25, -0.2) is 0 Å². The van der Waals surface area contributed by atoms with Crippen LogP contribution in [0.25, 0.3) is 0 Å². The fourth-order valence-corrected chi connectivity index (χ4v) is 4.26. The van der Waals surface area contributed by atoms with Gasteiger partial charge in [-0.05, 0) is 32.2 Å². The average Bonchev–Trinajstić information content (AvgIpc) is 2.94. The predicted octanol–water partition coefficient (Wildman–Crippen LogP) is 0.303. The number of likely N-dealkylation sites (N-methyl/N-ethyl adjacent to an activating group) is 1. The lowest BCUT2D eigenvalue weighted by atomic mass is 10.1. The monoisotopic (exact) mass is 261 g/mol. The summed E-state index contributed by atoms with van der Waals surface area (Å²) in [6.07, 6.45) is 4.03. The molecule has 2 N–H and O–H groups in total. The molecule has 0 bridgehead atoms. The van der Waals surface area contributed by atoms with Crippen LogP contribution in [0, 0.1) is 5.92 Å². The summed E-state index contributed by atoms with van der Waals surface area (Å²) >= 11 is 0. The molecule has 2 rings (SSSR count). The second kappa shape index (κ2) is 5.22. The lowest BCUT2D eigenvalue weighted by molar-refractivity contribution is 0.246. The summed E-state index contributed by atoms with van der Waals surface area (Å²) in [4.78, 5) is 0. The molecule has 5 nitrogen and oxygen atoms in total. The molecule has 0 aromatic rings. The van der Waals surface area contributed by atoms with E-state index in [1.807, 2.05) is 7.05 Å². The molecular formula is C11H23N3O2S. The Hall–Kier alpha value is -0.170. The Morgan fingerprint density at radius 2 is 2.06 bits per heavy atom. The summed E-state index contributed by atoms with van der Waals surface area (Å²) in [6, 6.07) is 0.275.